The highest BCUT2D eigenvalue weighted by molar-refractivity contribution is 5.79. The fraction of sp³-hybridized carbons (Fsp3) is 0.533. The van der Waals surface area contributed by atoms with Crippen molar-refractivity contribution in [3.8, 4) is 0 Å². The third kappa shape index (κ3) is 2.87. The molecular formula is C15H21NO. The summed E-state index contributed by atoms with van der Waals surface area (Å²) in [5.74, 6) is 0.396. The number of hydrogen-bond donors (Lipinski definition) is 1. The molecule has 2 unspecified atom stereocenters. The highest BCUT2D eigenvalue weighted by Crippen LogP contribution is 2.25. The Hall–Kier alpha value is -1.31. The van der Waals surface area contributed by atoms with Crippen molar-refractivity contribution in [1.29, 1.82) is 0 Å². The van der Waals surface area contributed by atoms with Gasteiger partial charge in [-0.3, -0.25) is 4.79 Å². The largest absolute Gasteiger partial charge is 0.353 e. The number of carbonyl (C=O) groups excluding carboxylic acids is 1. The Bertz CT molecular complexity index is 400. The van der Waals surface area contributed by atoms with Crippen LogP contribution >= 0.6 is 0 Å². The second-order valence-electron chi connectivity index (χ2n) is 5.03. The van der Waals surface area contributed by atoms with Gasteiger partial charge in [-0.15, -0.1) is 0 Å². The lowest BCUT2D eigenvalue weighted by molar-refractivity contribution is -0.126. The topological polar surface area (TPSA) is 29.1 Å². The summed E-state index contributed by atoms with van der Waals surface area (Å²) in [5, 5.41) is 3.09. The van der Waals surface area contributed by atoms with Gasteiger partial charge < -0.3 is 5.32 Å². The summed E-state index contributed by atoms with van der Waals surface area (Å²) in [6.07, 6.45) is 3.92. The maximum absolute atomic E-state index is 12.1. The van der Waals surface area contributed by atoms with Crippen LogP contribution in [-0.4, -0.2) is 11.9 Å². The van der Waals surface area contributed by atoms with E-state index in [1.54, 1.807) is 0 Å². The summed E-state index contributed by atoms with van der Waals surface area (Å²) >= 11 is 0. The minimum Gasteiger partial charge on any atom is -0.353 e. The van der Waals surface area contributed by atoms with Gasteiger partial charge in [0.1, 0.15) is 0 Å². The molecule has 0 saturated carbocycles. The Morgan fingerprint density at radius 1 is 1.41 bits per heavy atom. The predicted molar refractivity (Wildman–Crippen MR) is 69.9 cm³/mol. The highest BCUT2D eigenvalue weighted by atomic mass is 16.1. The molecule has 1 aliphatic rings. The third-order valence-electron chi connectivity index (χ3n) is 3.72. The van der Waals surface area contributed by atoms with E-state index in [0.29, 0.717) is 6.04 Å². The first-order chi connectivity index (χ1) is 8.20. The first kappa shape index (κ1) is 12.2. The van der Waals surface area contributed by atoms with E-state index in [1.165, 1.54) is 11.1 Å². The first-order valence-corrected chi connectivity index (χ1v) is 6.58. The normalized spacial score (nSPS) is 20.5. The lowest BCUT2D eigenvalue weighted by atomic mass is 9.83. The molecule has 1 amide bonds. The third-order valence-corrected chi connectivity index (χ3v) is 3.72. The first-order valence-electron chi connectivity index (χ1n) is 6.58. The molecule has 0 spiro atoms. The van der Waals surface area contributed by atoms with Crippen LogP contribution in [0, 0.1) is 5.92 Å². The number of aryl methyl sites for hydroxylation is 1. The van der Waals surface area contributed by atoms with Crippen LogP contribution in [0.5, 0.6) is 0 Å². The van der Waals surface area contributed by atoms with Crippen LogP contribution in [0.1, 0.15) is 37.8 Å². The average molecular weight is 231 g/mol. The second kappa shape index (κ2) is 5.35. The summed E-state index contributed by atoms with van der Waals surface area (Å²) in [5.41, 5.74) is 2.77. The van der Waals surface area contributed by atoms with Crippen LogP contribution in [0.4, 0.5) is 0 Å². The molecule has 2 atom stereocenters. The van der Waals surface area contributed by atoms with Gasteiger partial charge in [0.2, 0.25) is 5.91 Å². The molecule has 2 heteroatoms. The number of rotatable bonds is 3. The van der Waals surface area contributed by atoms with Crippen molar-refractivity contribution >= 4 is 5.91 Å². The number of carbonyl (C=O) groups is 1. The van der Waals surface area contributed by atoms with Gasteiger partial charge in [0.15, 0.2) is 0 Å². The van der Waals surface area contributed by atoms with Crippen molar-refractivity contribution in [2.24, 2.45) is 5.92 Å². The van der Waals surface area contributed by atoms with Crippen molar-refractivity contribution in [3.05, 3.63) is 35.4 Å². The average Bonchev–Trinajstić information content (AvgIpc) is 2.38. The number of amides is 1. The van der Waals surface area contributed by atoms with Crippen molar-refractivity contribution in [1.82, 2.24) is 5.32 Å². The van der Waals surface area contributed by atoms with E-state index >= 15 is 0 Å². The molecule has 2 rings (SSSR count). The monoisotopic (exact) mass is 231 g/mol. The minimum absolute atomic E-state index is 0.166. The summed E-state index contributed by atoms with van der Waals surface area (Å²) in [7, 11) is 0. The molecule has 1 N–H and O–H groups in total. The van der Waals surface area contributed by atoms with E-state index in [4.69, 9.17) is 0 Å². The fourth-order valence-corrected chi connectivity index (χ4v) is 2.38. The van der Waals surface area contributed by atoms with Gasteiger partial charge in [-0.1, -0.05) is 31.2 Å². The maximum atomic E-state index is 12.1. The van der Waals surface area contributed by atoms with E-state index in [0.717, 1.165) is 25.7 Å². The lowest BCUT2D eigenvalue weighted by Gasteiger charge is -2.25. The molecule has 0 fully saturated rings. The van der Waals surface area contributed by atoms with Crippen LogP contribution in [0.25, 0.3) is 0 Å². The van der Waals surface area contributed by atoms with E-state index in [9.17, 15) is 4.79 Å². The summed E-state index contributed by atoms with van der Waals surface area (Å²) in [6.45, 7) is 4.16. The Morgan fingerprint density at radius 3 is 2.82 bits per heavy atom. The van der Waals surface area contributed by atoms with Crippen LogP contribution in [-0.2, 0) is 17.6 Å². The van der Waals surface area contributed by atoms with E-state index < -0.39 is 0 Å². The fourth-order valence-electron chi connectivity index (χ4n) is 2.38. The standard InChI is InChI=1S/C15H21NO/c1-3-11(2)16-15(17)14-9-8-12-6-4-5-7-13(12)10-14/h4-7,11,14H,3,8-10H2,1-2H3,(H,16,17). The minimum atomic E-state index is 0.166. The van der Waals surface area contributed by atoms with E-state index in [1.807, 2.05) is 0 Å². The molecule has 0 bridgehead atoms. The SMILES string of the molecule is CCC(C)NC(=O)C1CCc2ccccc2C1. The summed E-state index contributed by atoms with van der Waals surface area (Å²) in [6, 6.07) is 8.77. The molecule has 0 aromatic heterocycles. The van der Waals surface area contributed by atoms with Crippen LogP contribution in [0.3, 0.4) is 0 Å². The lowest BCUT2D eigenvalue weighted by Crippen LogP contribution is -2.39. The maximum Gasteiger partial charge on any atom is 0.223 e. The molecular weight excluding hydrogens is 210 g/mol. The van der Waals surface area contributed by atoms with Gasteiger partial charge in [-0.2, -0.15) is 0 Å². The predicted octanol–water partition coefficient (Wildman–Crippen LogP) is 2.71. The van der Waals surface area contributed by atoms with Crippen molar-refractivity contribution in [2.45, 2.75) is 45.6 Å². The van der Waals surface area contributed by atoms with Crippen molar-refractivity contribution in [3.63, 3.8) is 0 Å². The smallest absolute Gasteiger partial charge is 0.223 e. The van der Waals surface area contributed by atoms with Crippen molar-refractivity contribution < 1.29 is 4.79 Å². The van der Waals surface area contributed by atoms with Gasteiger partial charge in [0, 0.05) is 12.0 Å². The van der Waals surface area contributed by atoms with E-state index in [2.05, 4.69) is 43.4 Å². The number of benzene rings is 1. The van der Waals surface area contributed by atoms with E-state index in [-0.39, 0.29) is 11.8 Å². The molecule has 0 radical (unpaired) electrons. The molecule has 17 heavy (non-hydrogen) atoms. The Kier molecular flexibility index (Phi) is 3.82. The van der Waals surface area contributed by atoms with Gasteiger partial charge >= 0.3 is 0 Å². The molecule has 0 heterocycles. The molecule has 1 aromatic rings. The van der Waals surface area contributed by atoms with Gasteiger partial charge in [-0.05, 0) is 43.7 Å². The zero-order valence-electron chi connectivity index (χ0n) is 10.7. The molecule has 1 aliphatic carbocycles. The van der Waals surface area contributed by atoms with Crippen LogP contribution in [0.2, 0.25) is 0 Å². The zero-order chi connectivity index (χ0) is 12.3. The molecule has 92 valence electrons. The highest BCUT2D eigenvalue weighted by Gasteiger charge is 2.24. The summed E-state index contributed by atoms with van der Waals surface area (Å²) < 4.78 is 0. The number of hydrogen-bond acceptors (Lipinski definition) is 1. The van der Waals surface area contributed by atoms with Crippen LogP contribution < -0.4 is 5.32 Å². The Labute approximate surface area is 103 Å². The van der Waals surface area contributed by atoms with Crippen molar-refractivity contribution in [2.75, 3.05) is 0 Å². The number of nitrogens with one attached hydrogen (secondary N) is 1. The second-order valence-corrected chi connectivity index (χ2v) is 5.03. The van der Waals surface area contributed by atoms with Gasteiger partial charge in [-0.25, -0.2) is 0 Å². The Balaban J connectivity index is 2.00. The molecule has 0 aliphatic heterocycles. The quantitative estimate of drug-likeness (QED) is 0.851. The summed E-state index contributed by atoms with van der Waals surface area (Å²) in [4.78, 5) is 12.1. The van der Waals surface area contributed by atoms with Crippen LogP contribution in [0.15, 0.2) is 24.3 Å². The molecule has 0 saturated heterocycles. The zero-order valence-corrected chi connectivity index (χ0v) is 10.7. The van der Waals surface area contributed by atoms with Gasteiger partial charge in [0.05, 0.1) is 0 Å². The Morgan fingerprint density at radius 2 is 2.12 bits per heavy atom. The molecule has 2 nitrogen and oxygen atoms in total. The van der Waals surface area contributed by atoms with Gasteiger partial charge in [0.25, 0.3) is 0 Å². The number of fused-ring (bicyclic) bond motifs is 1. The molecule has 1 aromatic carbocycles.